The summed E-state index contributed by atoms with van der Waals surface area (Å²) in [6, 6.07) is 5.50. The Morgan fingerprint density at radius 2 is 2.24 bits per heavy atom. The first-order valence-electron chi connectivity index (χ1n) is 5.49. The minimum atomic E-state index is -0.267. The van der Waals surface area contributed by atoms with Gasteiger partial charge in [-0.1, -0.05) is 15.9 Å². The second-order valence-electron chi connectivity index (χ2n) is 4.14. The van der Waals surface area contributed by atoms with Crippen molar-refractivity contribution in [2.45, 2.75) is 18.9 Å². The monoisotopic (exact) mass is 295 g/mol. The molecular weight excluding hydrogens is 285 g/mol. The molecule has 1 aromatic heterocycles. The number of hydrogen-bond donors (Lipinski definition) is 1. The highest BCUT2D eigenvalue weighted by Gasteiger charge is 2.23. The molecule has 1 aliphatic rings. The normalized spacial score (nSPS) is 14.9. The standard InChI is InChI=1S/C12H11BrFN3/c13-8-1-4-11(10(14)7-8)17-6-5-15-12(17)16-9-2-3-9/h1,4-7,9H,2-3H2,(H,15,16). The summed E-state index contributed by atoms with van der Waals surface area (Å²) in [6.45, 7) is 0. The third-order valence-corrected chi connectivity index (χ3v) is 3.21. The first kappa shape index (κ1) is 10.8. The van der Waals surface area contributed by atoms with Gasteiger partial charge in [-0.25, -0.2) is 9.37 Å². The molecule has 0 amide bonds. The molecule has 0 bridgehead atoms. The average molecular weight is 296 g/mol. The van der Waals surface area contributed by atoms with E-state index in [1.165, 1.54) is 6.07 Å². The first-order chi connectivity index (χ1) is 8.24. The van der Waals surface area contributed by atoms with Gasteiger partial charge in [0, 0.05) is 22.9 Å². The van der Waals surface area contributed by atoms with Crippen molar-refractivity contribution in [2.75, 3.05) is 5.32 Å². The lowest BCUT2D eigenvalue weighted by atomic mass is 10.3. The van der Waals surface area contributed by atoms with Crippen LogP contribution in [0.2, 0.25) is 0 Å². The summed E-state index contributed by atoms with van der Waals surface area (Å²) in [5.74, 6) is 0.435. The van der Waals surface area contributed by atoms with Crippen molar-refractivity contribution in [1.82, 2.24) is 9.55 Å². The van der Waals surface area contributed by atoms with Crippen LogP contribution in [0.1, 0.15) is 12.8 Å². The maximum absolute atomic E-state index is 13.8. The molecule has 1 aliphatic carbocycles. The zero-order chi connectivity index (χ0) is 11.8. The molecule has 0 radical (unpaired) electrons. The van der Waals surface area contributed by atoms with Crippen LogP contribution in [0.3, 0.4) is 0 Å². The van der Waals surface area contributed by atoms with Crippen LogP contribution in [0.5, 0.6) is 0 Å². The number of halogens is 2. The SMILES string of the molecule is Fc1cc(Br)ccc1-n1ccnc1NC1CC1. The van der Waals surface area contributed by atoms with Crippen molar-refractivity contribution in [3.8, 4) is 5.69 Å². The van der Waals surface area contributed by atoms with Gasteiger partial charge in [-0.15, -0.1) is 0 Å². The van der Waals surface area contributed by atoms with E-state index in [4.69, 9.17) is 0 Å². The lowest BCUT2D eigenvalue weighted by molar-refractivity contribution is 0.617. The molecule has 3 rings (SSSR count). The van der Waals surface area contributed by atoms with Crippen molar-refractivity contribution >= 4 is 21.9 Å². The summed E-state index contributed by atoms with van der Waals surface area (Å²) in [5, 5.41) is 3.28. The molecule has 0 aliphatic heterocycles. The number of hydrogen-bond acceptors (Lipinski definition) is 2. The Kier molecular flexibility index (Phi) is 2.63. The van der Waals surface area contributed by atoms with E-state index in [2.05, 4.69) is 26.2 Å². The van der Waals surface area contributed by atoms with E-state index in [9.17, 15) is 4.39 Å². The fourth-order valence-electron chi connectivity index (χ4n) is 1.69. The van der Waals surface area contributed by atoms with Gasteiger partial charge in [-0.2, -0.15) is 0 Å². The molecule has 3 nitrogen and oxygen atoms in total. The summed E-state index contributed by atoms with van der Waals surface area (Å²) < 4.78 is 16.3. The number of imidazole rings is 1. The molecule has 1 heterocycles. The third kappa shape index (κ3) is 2.20. The summed E-state index contributed by atoms with van der Waals surface area (Å²) in [5.41, 5.74) is 0.508. The summed E-state index contributed by atoms with van der Waals surface area (Å²) in [6.07, 6.45) is 5.76. The van der Waals surface area contributed by atoms with E-state index in [0.29, 0.717) is 17.7 Å². The minimum Gasteiger partial charge on any atom is -0.353 e. The molecule has 0 unspecified atom stereocenters. The third-order valence-electron chi connectivity index (χ3n) is 2.72. The van der Waals surface area contributed by atoms with Gasteiger partial charge in [0.15, 0.2) is 0 Å². The zero-order valence-electron chi connectivity index (χ0n) is 9.03. The van der Waals surface area contributed by atoms with Gasteiger partial charge in [0.05, 0.1) is 5.69 Å². The fraction of sp³-hybridized carbons (Fsp3) is 0.250. The highest BCUT2D eigenvalue weighted by atomic mass is 79.9. The van der Waals surface area contributed by atoms with Crippen molar-refractivity contribution in [3.05, 3.63) is 40.9 Å². The van der Waals surface area contributed by atoms with Gasteiger partial charge >= 0.3 is 0 Å². The Labute approximate surface area is 107 Å². The smallest absolute Gasteiger partial charge is 0.207 e. The fourth-order valence-corrected chi connectivity index (χ4v) is 2.02. The highest BCUT2D eigenvalue weighted by Crippen LogP contribution is 2.26. The van der Waals surface area contributed by atoms with E-state index < -0.39 is 0 Å². The van der Waals surface area contributed by atoms with Crippen LogP contribution in [0.15, 0.2) is 35.1 Å². The maximum Gasteiger partial charge on any atom is 0.207 e. The Bertz CT molecular complexity index is 548. The summed E-state index contributed by atoms with van der Waals surface area (Å²) in [7, 11) is 0. The van der Waals surface area contributed by atoms with Crippen LogP contribution in [0, 0.1) is 5.82 Å². The molecule has 0 atom stereocenters. The molecular formula is C12H11BrFN3. The van der Waals surface area contributed by atoms with Gasteiger partial charge in [0.25, 0.3) is 0 Å². The minimum absolute atomic E-state index is 0.267. The number of aromatic nitrogens is 2. The predicted molar refractivity (Wildman–Crippen MR) is 67.9 cm³/mol. The number of nitrogens with one attached hydrogen (secondary N) is 1. The number of nitrogens with zero attached hydrogens (tertiary/aromatic N) is 2. The van der Waals surface area contributed by atoms with E-state index in [0.717, 1.165) is 17.3 Å². The lowest BCUT2D eigenvalue weighted by Crippen LogP contribution is -2.08. The van der Waals surface area contributed by atoms with Crippen molar-refractivity contribution in [2.24, 2.45) is 0 Å². The zero-order valence-corrected chi connectivity index (χ0v) is 10.6. The first-order valence-corrected chi connectivity index (χ1v) is 6.28. The van der Waals surface area contributed by atoms with E-state index >= 15 is 0 Å². The predicted octanol–water partition coefficient (Wildman–Crippen LogP) is 3.35. The molecule has 5 heteroatoms. The van der Waals surface area contributed by atoms with Crippen molar-refractivity contribution < 1.29 is 4.39 Å². The molecule has 1 saturated carbocycles. The molecule has 17 heavy (non-hydrogen) atoms. The Morgan fingerprint density at radius 1 is 1.41 bits per heavy atom. The lowest BCUT2D eigenvalue weighted by Gasteiger charge is -2.10. The second kappa shape index (κ2) is 4.14. The molecule has 0 saturated heterocycles. The van der Waals surface area contributed by atoms with Gasteiger partial charge in [-0.05, 0) is 31.0 Å². The number of anilines is 1. The van der Waals surface area contributed by atoms with Gasteiger partial charge in [-0.3, -0.25) is 4.57 Å². The van der Waals surface area contributed by atoms with Crippen LogP contribution in [-0.4, -0.2) is 15.6 Å². The van der Waals surface area contributed by atoms with E-state index in [1.807, 2.05) is 6.07 Å². The van der Waals surface area contributed by atoms with Crippen LogP contribution >= 0.6 is 15.9 Å². The molecule has 0 spiro atoms. The maximum atomic E-state index is 13.8. The van der Waals surface area contributed by atoms with E-state index in [1.54, 1.807) is 23.0 Å². The largest absolute Gasteiger partial charge is 0.353 e. The van der Waals surface area contributed by atoms with Crippen molar-refractivity contribution in [3.63, 3.8) is 0 Å². The molecule has 1 aromatic carbocycles. The molecule has 88 valence electrons. The topological polar surface area (TPSA) is 29.9 Å². The molecule has 1 fully saturated rings. The van der Waals surface area contributed by atoms with Crippen molar-refractivity contribution in [1.29, 1.82) is 0 Å². The van der Waals surface area contributed by atoms with Gasteiger partial charge in [0.2, 0.25) is 5.95 Å². The van der Waals surface area contributed by atoms with Gasteiger partial charge in [0.1, 0.15) is 5.82 Å². The second-order valence-corrected chi connectivity index (χ2v) is 5.05. The summed E-state index contributed by atoms with van der Waals surface area (Å²) in [4.78, 5) is 4.21. The van der Waals surface area contributed by atoms with E-state index in [-0.39, 0.29) is 5.82 Å². The van der Waals surface area contributed by atoms with Crippen LogP contribution < -0.4 is 5.32 Å². The molecule has 1 N–H and O–H groups in total. The van der Waals surface area contributed by atoms with Crippen LogP contribution in [0.25, 0.3) is 5.69 Å². The highest BCUT2D eigenvalue weighted by molar-refractivity contribution is 9.10. The Balaban J connectivity index is 1.99. The van der Waals surface area contributed by atoms with Crippen LogP contribution in [-0.2, 0) is 0 Å². The Morgan fingerprint density at radius 3 is 2.94 bits per heavy atom. The Hall–Kier alpha value is -1.36. The quantitative estimate of drug-likeness (QED) is 0.941. The average Bonchev–Trinajstić information content (AvgIpc) is 2.97. The van der Waals surface area contributed by atoms with Gasteiger partial charge < -0.3 is 5.32 Å². The summed E-state index contributed by atoms with van der Waals surface area (Å²) >= 11 is 3.25. The number of benzene rings is 1. The molecule has 2 aromatic rings. The number of rotatable bonds is 3. The van der Waals surface area contributed by atoms with Crippen LogP contribution in [0.4, 0.5) is 10.3 Å².